The van der Waals surface area contributed by atoms with Crippen molar-refractivity contribution in [1.82, 2.24) is 10.3 Å². The Morgan fingerprint density at radius 1 is 1.24 bits per heavy atom. The molecule has 0 aliphatic heterocycles. The fourth-order valence-electron chi connectivity index (χ4n) is 2.40. The van der Waals surface area contributed by atoms with E-state index >= 15 is 0 Å². The first-order chi connectivity index (χ1) is 13.7. The fraction of sp³-hybridized carbons (Fsp3) is 0.278. The average Bonchev–Trinajstić information content (AvgIpc) is 2.99. The van der Waals surface area contributed by atoms with Crippen molar-refractivity contribution in [2.24, 2.45) is 16.5 Å². The van der Waals surface area contributed by atoms with Crippen LogP contribution in [0.4, 0.5) is 10.8 Å². The highest BCUT2D eigenvalue weighted by molar-refractivity contribution is 7.17. The quantitative estimate of drug-likeness (QED) is 0.300. The zero-order valence-corrected chi connectivity index (χ0v) is 16.6. The summed E-state index contributed by atoms with van der Waals surface area (Å²) in [5.41, 5.74) is 12.5. The van der Waals surface area contributed by atoms with Crippen molar-refractivity contribution in [2.45, 2.75) is 26.2 Å². The number of rotatable bonds is 9. The molecule has 0 bridgehead atoms. The molecule has 10 nitrogen and oxygen atoms in total. The zero-order valence-electron chi connectivity index (χ0n) is 15.8. The van der Waals surface area contributed by atoms with E-state index in [1.807, 2.05) is 0 Å². The number of anilines is 1. The summed E-state index contributed by atoms with van der Waals surface area (Å²) in [5, 5.41) is 14.4. The van der Waals surface area contributed by atoms with Gasteiger partial charge in [-0.05, 0) is 31.0 Å². The minimum absolute atomic E-state index is 0.0192. The van der Waals surface area contributed by atoms with Crippen LogP contribution < -0.4 is 22.1 Å². The number of aliphatic imine (C=N–C) groups is 1. The second-order valence-corrected chi connectivity index (χ2v) is 7.07. The molecule has 154 valence electrons. The topological polar surface area (TPSA) is 173 Å². The Morgan fingerprint density at radius 3 is 2.69 bits per heavy atom. The minimum atomic E-state index is -0.878. The van der Waals surface area contributed by atoms with Gasteiger partial charge in [0.25, 0.3) is 5.91 Å². The molecule has 1 heterocycles. The summed E-state index contributed by atoms with van der Waals surface area (Å²) in [7, 11) is 0. The third kappa shape index (κ3) is 7.22. The number of guanidine groups is 1. The second kappa shape index (κ2) is 10.2. The van der Waals surface area contributed by atoms with Gasteiger partial charge in [0, 0.05) is 25.1 Å². The van der Waals surface area contributed by atoms with Gasteiger partial charge < -0.3 is 27.2 Å². The van der Waals surface area contributed by atoms with Gasteiger partial charge in [-0.3, -0.25) is 14.4 Å². The molecule has 0 aliphatic carbocycles. The smallest absolute Gasteiger partial charge is 0.303 e. The van der Waals surface area contributed by atoms with Gasteiger partial charge in [0.1, 0.15) is 4.88 Å². The number of carboxylic acid groups (broad SMARTS) is 1. The molecule has 0 saturated carbocycles. The Bertz CT molecular complexity index is 936. The van der Waals surface area contributed by atoms with Crippen LogP contribution in [0.1, 0.15) is 33.8 Å². The van der Waals surface area contributed by atoms with E-state index in [0.717, 1.165) is 16.9 Å². The molecule has 2 aromatic rings. The molecule has 29 heavy (non-hydrogen) atoms. The molecule has 1 aromatic carbocycles. The molecular formula is C18H22N6O4S. The monoisotopic (exact) mass is 418 g/mol. The fourth-order valence-corrected chi connectivity index (χ4v) is 3.27. The van der Waals surface area contributed by atoms with Crippen LogP contribution in [-0.4, -0.2) is 40.4 Å². The highest BCUT2D eigenvalue weighted by Gasteiger charge is 2.15. The molecule has 0 atom stereocenters. The van der Waals surface area contributed by atoms with Gasteiger partial charge in [0.2, 0.25) is 11.0 Å². The number of thiazole rings is 1. The number of nitrogens with one attached hydrogen (secondary N) is 2. The molecule has 0 saturated heterocycles. The molecule has 0 radical (unpaired) electrons. The van der Waals surface area contributed by atoms with Crippen molar-refractivity contribution in [3.8, 4) is 0 Å². The molecule has 0 spiro atoms. The predicted octanol–water partition coefficient (Wildman–Crippen LogP) is 1.13. The number of carbonyl (C=O) groups excluding carboxylic acids is 2. The van der Waals surface area contributed by atoms with E-state index < -0.39 is 5.97 Å². The Morgan fingerprint density at radius 2 is 2.00 bits per heavy atom. The average molecular weight is 418 g/mol. The van der Waals surface area contributed by atoms with Crippen LogP contribution in [0, 0.1) is 6.92 Å². The van der Waals surface area contributed by atoms with E-state index in [9.17, 15) is 14.4 Å². The van der Waals surface area contributed by atoms with Gasteiger partial charge in [-0.15, -0.1) is 0 Å². The molecule has 7 N–H and O–H groups in total. The van der Waals surface area contributed by atoms with Gasteiger partial charge in [-0.2, -0.15) is 4.99 Å². The highest BCUT2D eigenvalue weighted by atomic mass is 32.1. The summed E-state index contributed by atoms with van der Waals surface area (Å²) < 4.78 is 0. The lowest BCUT2D eigenvalue weighted by molar-refractivity contribution is -0.137. The molecule has 11 heteroatoms. The maximum Gasteiger partial charge on any atom is 0.303 e. The number of carboxylic acids is 1. The number of carbonyl (C=O) groups is 3. The molecule has 2 amide bonds. The first-order valence-electron chi connectivity index (χ1n) is 8.70. The van der Waals surface area contributed by atoms with E-state index in [0.29, 0.717) is 22.7 Å². The normalized spacial score (nSPS) is 10.2. The molecule has 1 aromatic heterocycles. The van der Waals surface area contributed by atoms with E-state index in [2.05, 4.69) is 20.6 Å². The zero-order chi connectivity index (χ0) is 21.4. The largest absolute Gasteiger partial charge is 0.481 e. The van der Waals surface area contributed by atoms with E-state index in [-0.39, 0.29) is 42.3 Å². The third-order valence-electron chi connectivity index (χ3n) is 3.69. The maximum absolute atomic E-state index is 12.2. The summed E-state index contributed by atoms with van der Waals surface area (Å²) >= 11 is 1.05. The van der Waals surface area contributed by atoms with Crippen LogP contribution in [0.2, 0.25) is 0 Å². The summed E-state index contributed by atoms with van der Waals surface area (Å²) in [6.45, 7) is 1.81. The lowest BCUT2D eigenvalue weighted by Gasteiger charge is -2.08. The van der Waals surface area contributed by atoms with Crippen molar-refractivity contribution in [3.63, 3.8) is 0 Å². The molecule has 0 fully saturated rings. The van der Waals surface area contributed by atoms with Crippen LogP contribution in [0.5, 0.6) is 0 Å². The molecule has 2 rings (SSSR count). The maximum atomic E-state index is 12.2. The van der Waals surface area contributed by atoms with Crippen molar-refractivity contribution >= 4 is 45.9 Å². The summed E-state index contributed by atoms with van der Waals surface area (Å²) in [6, 6.07) is 6.99. The first-order valence-corrected chi connectivity index (χ1v) is 9.52. The van der Waals surface area contributed by atoms with E-state index in [4.69, 9.17) is 16.6 Å². The van der Waals surface area contributed by atoms with Gasteiger partial charge in [0.05, 0.1) is 5.69 Å². The van der Waals surface area contributed by atoms with Gasteiger partial charge >= 0.3 is 5.97 Å². The Labute approximate surface area is 171 Å². The number of amides is 2. The minimum Gasteiger partial charge on any atom is -0.481 e. The molecule has 0 aliphatic rings. The number of aliphatic carboxylic acids is 1. The number of benzene rings is 1. The Hall–Kier alpha value is -3.47. The van der Waals surface area contributed by atoms with E-state index in [1.54, 1.807) is 31.2 Å². The Kier molecular flexibility index (Phi) is 7.66. The third-order valence-corrected chi connectivity index (χ3v) is 4.74. The number of aromatic nitrogens is 1. The Balaban J connectivity index is 1.83. The van der Waals surface area contributed by atoms with Crippen LogP contribution in [0.25, 0.3) is 0 Å². The van der Waals surface area contributed by atoms with Crippen molar-refractivity contribution in [2.75, 3.05) is 11.9 Å². The molecular weight excluding hydrogens is 396 g/mol. The van der Waals surface area contributed by atoms with Crippen LogP contribution in [0.15, 0.2) is 29.3 Å². The first kappa shape index (κ1) is 21.8. The highest BCUT2D eigenvalue weighted by Crippen LogP contribution is 2.24. The van der Waals surface area contributed by atoms with Crippen LogP contribution in [0.3, 0.4) is 0 Å². The lowest BCUT2D eigenvalue weighted by atomic mass is 10.1. The van der Waals surface area contributed by atoms with Gasteiger partial charge in [-0.1, -0.05) is 23.5 Å². The van der Waals surface area contributed by atoms with Crippen LogP contribution >= 0.6 is 11.3 Å². The van der Waals surface area contributed by atoms with E-state index in [1.165, 1.54) is 0 Å². The van der Waals surface area contributed by atoms with Crippen molar-refractivity contribution in [1.29, 1.82) is 0 Å². The second-order valence-electron chi connectivity index (χ2n) is 6.10. The number of nitrogens with two attached hydrogens (primary N) is 2. The summed E-state index contributed by atoms with van der Waals surface area (Å²) in [4.78, 5) is 43.3. The van der Waals surface area contributed by atoms with Gasteiger partial charge in [-0.25, -0.2) is 4.98 Å². The predicted molar refractivity (Wildman–Crippen MR) is 110 cm³/mol. The van der Waals surface area contributed by atoms with Crippen molar-refractivity contribution < 1.29 is 19.5 Å². The number of hydrogen-bond donors (Lipinski definition) is 5. The summed E-state index contributed by atoms with van der Waals surface area (Å²) in [6.07, 6.45) is 0.472. The van der Waals surface area contributed by atoms with Crippen LogP contribution in [-0.2, 0) is 16.0 Å². The SMILES string of the molecule is Cc1nc(N=C(N)N)sc1C(=O)NCCC(=O)Nc1cccc(CCC(=O)O)c1. The number of aryl methyl sites for hydroxylation is 2. The number of nitrogens with zero attached hydrogens (tertiary/aromatic N) is 2. The summed E-state index contributed by atoms with van der Waals surface area (Å²) in [5.74, 6) is -1.66. The molecule has 0 unspecified atom stereocenters. The van der Waals surface area contributed by atoms with Gasteiger partial charge in [0.15, 0.2) is 5.96 Å². The standard InChI is InChI=1S/C18H22N6O4S/c1-10-15(29-18(22-10)24-17(19)20)16(28)21-8-7-13(25)23-12-4-2-3-11(9-12)5-6-14(26)27/h2-4,9H,5-8H2,1H3,(H,21,28)(H,23,25)(H,26,27)(H4,19,20,22,24). The lowest BCUT2D eigenvalue weighted by Crippen LogP contribution is -2.27. The van der Waals surface area contributed by atoms with Crippen molar-refractivity contribution in [3.05, 3.63) is 40.4 Å². The number of hydrogen-bond acceptors (Lipinski definition) is 6.